The normalized spacial score (nSPS) is 18.0. The van der Waals surface area contributed by atoms with Crippen molar-refractivity contribution in [1.29, 1.82) is 0 Å². The zero-order chi connectivity index (χ0) is 20.3. The molecule has 0 radical (unpaired) electrons. The van der Waals surface area contributed by atoms with Crippen LogP contribution in [-0.4, -0.2) is 47.2 Å². The molecule has 1 saturated carbocycles. The molecular weight excluding hydrogens is 372 g/mol. The number of rotatable bonds is 4. The van der Waals surface area contributed by atoms with E-state index in [1.165, 1.54) is 37.5 Å². The molecule has 0 spiro atoms. The van der Waals surface area contributed by atoms with Crippen LogP contribution in [0.1, 0.15) is 37.7 Å². The molecule has 30 heavy (non-hydrogen) atoms. The minimum absolute atomic E-state index is 0.534. The average molecular weight is 403 g/mol. The predicted molar refractivity (Wildman–Crippen MR) is 123 cm³/mol. The molecule has 0 amide bonds. The molecule has 2 fully saturated rings. The molecule has 0 atom stereocenters. The van der Waals surface area contributed by atoms with E-state index in [1.54, 1.807) is 0 Å². The van der Waals surface area contributed by atoms with E-state index >= 15 is 0 Å². The zero-order valence-corrected chi connectivity index (χ0v) is 17.7. The molecule has 156 valence electrons. The van der Waals surface area contributed by atoms with Gasteiger partial charge in [0.05, 0.1) is 5.69 Å². The highest BCUT2D eigenvalue weighted by Crippen LogP contribution is 2.32. The molecule has 3 aromatic heterocycles. The van der Waals surface area contributed by atoms with Gasteiger partial charge in [-0.25, -0.2) is 9.97 Å². The van der Waals surface area contributed by atoms with Crippen molar-refractivity contribution in [3.63, 3.8) is 0 Å². The van der Waals surface area contributed by atoms with Crippen molar-refractivity contribution in [3.8, 4) is 11.3 Å². The molecule has 0 aromatic carbocycles. The number of nitrogens with one attached hydrogen (secondary N) is 2. The Hall–Kier alpha value is -2.73. The molecule has 0 bridgehead atoms. The lowest BCUT2D eigenvalue weighted by Gasteiger charge is -2.30. The molecule has 6 nitrogen and oxygen atoms in total. The Balaban J connectivity index is 1.54. The molecule has 0 unspecified atom stereocenters. The topological polar surface area (TPSA) is 66.0 Å². The number of aryl methyl sites for hydroxylation is 1. The summed E-state index contributed by atoms with van der Waals surface area (Å²) in [5.74, 6) is 2.02. The lowest BCUT2D eigenvalue weighted by molar-refractivity contribution is 0.462. The van der Waals surface area contributed by atoms with Gasteiger partial charge in [-0.1, -0.05) is 19.3 Å². The van der Waals surface area contributed by atoms with Crippen LogP contribution >= 0.6 is 0 Å². The van der Waals surface area contributed by atoms with Gasteiger partial charge in [-0.2, -0.15) is 0 Å². The van der Waals surface area contributed by atoms with Gasteiger partial charge < -0.3 is 15.5 Å². The second-order valence-corrected chi connectivity index (χ2v) is 8.53. The first-order valence-electron chi connectivity index (χ1n) is 11.2. The standard InChI is InChI=1S/C24H30N6/c1-17-15-27-23(28-19-5-3-2-4-6-19)14-21(17)22-13-18-16-26-8-7-20(18)24(29-22)30-11-9-25-10-12-30/h7-8,13-16,19,25H,2-6,9-12H2,1H3,(H,27,28). The van der Waals surface area contributed by atoms with Gasteiger partial charge in [-0.3, -0.25) is 4.98 Å². The Morgan fingerprint density at radius 1 is 1.07 bits per heavy atom. The van der Waals surface area contributed by atoms with Gasteiger partial charge in [-0.05, 0) is 43.5 Å². The van der Waals surface area contributed by atoms with Crippen LogP contribution in [0.5, 0.6) is 0 Å². The van der Waals surface area contributed by atoms with Crippen LogP contribution in [-0.2, 0) is 0 Å². The van der Waals surface area contributed by atoms with E-state index in [2.05, 4.69) is 50.6 Å². The van der Waals surface area contributed by atoms with Gasteiger partial charge in [0.15, 0.2) is 0 Å². The van der Waals surface area contributed by atoms with Crippen LogP contribution in [0.3, 0.4) is 0 Å². The Labute approximate surface area is 178 Å². The average Bonchev–Trinajstić information content (AvgIpc) is 2.81. The quantitative estimate of drug-likeness (QED) is 0.683. The van der Waals surface area contributed by atoms with Crippen LogP contribution in [0, 0.1) is 6.92 Å². The molecule has 1 aliphatic heterocycles. The van der Waals surface area contributed by atoms with Gasteiger partial charge in [0, 0.05) is 67.1 Å². The fourth-order valence-corrected chi connectivity index (χ4v) is 4.67. The van der Waals surface area contributed by atoms with Crippen LogP contribution in [0.15, 0.2) is 36.8 Å². The minimum atomic E-state index is 0.534. The number of anilines is 2. The van der Waals surface area contributed by atoms with Crippen molar-refractivity contribution in [2.24, 2.45) is 0 Å². The summed E-state index contributed by atoms with van der Waals surface area (Å²) in [5, 5.41) is 9.40. The molecular formula is C24H30N6. The maximum atomic E-state index is 5.16. The predicted octanol–water partition coefficient (Wildman–Crippen LogP) is 4.15. The number of fused-ring (bicyclic) bond motifs is 1. The molecule has 1 aliphatic carbocycles. The SMILES string of the molecule is Cc1cnc(NC2CCCCC2)cc1-c1cc2cnccc2c(N2CCNCC2)n1. The summed E-state index contributed by atoms with van der Waals surface area (Å²) in [6.45, 7) is 6.03. The van der Waals surface area contributed by atoms with Crippen molar-refractivity contribution in [2.45, 2.75) is 45.1 Å². The number of hydrogen-bond donors (Lipinski definition) is 2. The monoisotopic (exact) mass is 402 g/mol. The smallest absolute Gasteiger partial charge is 0.137 e. The van der Waals surface area contributed by atoms with E-state index in [1.807, 2.05) is 18.6 Å². The number of nitrogens with zero attached hydrogens (tertiary/aromatic N) is 4. The molecule has 1 saturated heterocycles. The van der Waals surface area contributed by atoms with Crippen molar-refractivity contribution in [2.75, 3.05) is 36.4 Å². The third kappa shape index (κ3) is 3.97. The van der Waals surface area contributed by atoms with E-state index in [9.17, 15) is 0 Å². The Kier molecular flexibility index (Phi) is 5.49. The van der Waals surface area contributed by atoms with Gasteiger partial charge >= 0.3 is 0 Å². The highest BCUT2D eigenvalue weighted by Gasteiger charge is 2.18. The fourth-order valence-electron chi connectivity index (χ4n) is 4.67. The maximum Gasteiger partial charge on any atom is 0.137 e. The summed E-state index contributed by atoms with van der Waals surface area (Å²) in [7, 11) is 0. The summed E-state index contributed by atoms with van der Waals surface area (Å²) in [6.07, 6.45) is 12.2. The van der Waals surface area contributed by atoms with Crippen molar-refractivity contribution in [1.82, 2.24) is 20.3 Å². The highest BCUT2D eigenvalue weighted by molar-refractivity contribution is 5.94. The van der Waals surface area contributed by atoms with Gasteiger partial charge in [0.25, 0.3) is 0 Å². The van der Waals surface area contributed by atoms with E-state index < -0.39 is 0 Å². The second kappa shape index (κ2) is 8.56. The lowest BCUT2D eigenvalue weighted by Crippen LogP contribution is -2.44. The van der Waals surface area contributed by atoms with Crippen LogP contribution in [0.2, 0.25) is 0 Å². The first kappa shape index (κ1) is 19.2. The Morgan fingerprint density at radius 3 is 2.73 bits per heavy atom. The minimum Gasteiger partial charge on any atom is -0.367 e. The molecule has 2 aliphatic rings. The molecule has 2 N–H and O–H groups in total. The third-order valence-corrected chi connectivity index (χ3v) is 6.36. The summed E-state index contributed by atoms with van der Waals surface area (Å²) in [4.78, 5) is 16.6. The lowest BCUT2D eigenvalue weighted by atomic mass is 9.95. The molecule has 3 aromatic rings. The summed E-state index contributed by atoms with van der Waals surface area (Å²) < 4.78 is 0. The number of pyridine rings is 3. The number of hydrogen-bond acceptors (Lipinski definition) is 6. The molecule has 6 heteroatoms. The van der Waals surface area contributed by atoms with Crippen LogP contribution in [0.25, 0.3) is 22.0 Å². The van der Waals surface area contributed by atoms with Crippen molar-refractivity contribution < 1.29 is 0 Å². The summed E-state index contributed by atoms with van der Waals surface area (Å²) >= 11 is 0. The van der Waals surface area contributed by atoms with E-state index in [0.717, 1.165) is 60.0 Å². The van der Waals surface area contributed by atoms with Crippen LogP contribution in [0.4, 0.5) is 11.6 Å². The van der Waals surface area contributed by atoms with Gasteiger partial charge in [-0.15, -0.1) is 0 Å². The van der Waals surface area contributed by atoms with E-state index in [4.69, 9.17) is 4.98 Å². The third-order valence-electron chi connectivity index (χ3n) is 6.36. The number of aromatic nitrogens is 3. The van der Waals surface area contributed by atoms with Crippen molar-refractivity contribution >= 4 is 22.4 Å². The van der Waals surface area contributed by atoms with Crippen LogP contribution < -0.4 is 15.5 Å². The largest absolute Gasteiger partial charge is 0.367 e. The highest BCUT2D eigenvalue weighted by atomic mass is 15.2. The first-order valence-corrected chi connectivity index (χ1v) is 11.2. The fraction of sp³-hybridized carbons (Fsp3) is 0.458. The van der Waals surface area contributed by atoms with E-state index in [-0.39, 0.29) is 0 Å². The summed E-state index contributed by atoms with van der Waals surface area (Å²) in [6, 6.07) is 6.96. The van der Waals surface area contributed by atoms with Gasteiger partial charge in [0.1, 0.15) is 11.6 Å². The second-order valence-electron chi connectivity index (χ2n) is 8.53. The Bertz CT molecular complexity index is 1020. The van der Waals surface area contributed by atoms with Gasteiger partial charge in [0.2, 0.25) is 0 Å². The molecule has 5 rings (SSSR count). The maximum absolute atomic E-state index is 5.16. The van der Waals surface area contributed by atoms with Crippen molar-refractivity contribution in [3.05, 3.63) is 42.4 Å². The molecule has 4 heterocycles. The summed E-state index contributed by atoms with van der Waals surface area (Å²) in [5.41, 5.74) is 3.28. The zero-order valence-electron chi connectivity index (χ0n) is 17.7. The Morgan fingerprint density at radius 2 is 1.90 bits per heavy atom. The number of piperazine rings is 1. The van der Waals surface area contributed by atoms with E-state index in [0.29, 0.717) is 6.04 Å². The first-order chi connectivity index (χ1) is 14.8.